The number of hydrogen-bond donors (Lipinski definition) is 2. The Hall–Kier alpha value is -3.78. The second-order valence-corrected chi connectivity index (χ2v) is 8.11. The van der Waals surface area contributed by atoms with E-state index in [0.29, 0.717) is 28.8 Å². The van der Waals surface area contributed by atoms with Crippen molar-refractivity contribution in [2.45, 2.75) is 26.5 Å². The Kier molecular flexibility index (Phi) is 6.72. The molecule has 162 valence electrons. The number of benzene rings is 2. The van der Waals surface area contributed by atoms with Crippen molar-refractivity contribution in [1.82, 2.24) is 20.5 Å². The molecule has 0 spiro atoms. The van der Waals surface area contributed by atoms with Crippen LogP contribution in [0.3, 0.4) is 0 Å². The number of hydrogen-bond acceptors (Lipinski definition) is 7. The molecule has 0 aliphatic carbocycles. The molecule has 1 unspecified atom stereocenters. The highest BCUT2D eigenvalue weighted by atomic mass is 32.1. The van der Waals surface area contributed by atoms with Crippen LogP contribution >= 0.6 is 11.3 Å². The van der Waals surface area contributed by atoms with Crippen LogP contribution in [-0.2, 0) is 6.54 Å². The van der Waals surface area contributed by atoms with Gasteiger partial charge in [0, 0.05) is 18.3 Å². The summed E-state index contributed by atoms with van der Waals surface area (Å²) in [5, 5.41) is 14.5. The van der Waals surface area contributed by atoms with Gasteiger partial charge in [0.05, 0.1) is 0 Å². The molecule has 0 fully saturated rings. The largest absolute Gasteiger partial charge is 0.482 e. The number of ether oxygens (including phenoxy) is 1. The molecule has 0 aliphatic rings. The lowest BCUT2D eigenvalue weighted by atomic mass is 10.1. The van der Waals surface area contributed by atoms with Crippen LogP contribution in [0.1, 0.15) is 40.1 Å². The van der Waals surface area contributed by atoms with E-state index >= 15 is 0 Å². The number of amides is 1. The Morgan fingerprint density at radius 1 is 1.12 bits per heavy atom. The predicted molar refractivity (Wildman–Crippen MR) is 125 cm³/mol. The molecule has 0 bridgehead atoms. The van der Waals surface area contributed by atoms with Gasteiger partial charge in [-0.3, -0.25) is 4.79 Å². The zero-order chi connectivity index (χ0) is 22.3. The van der Waals surface area contributed by atoms with E-state index in [-0.39, 0.29) is 12.0 Å². The third-order valence-electron chi connectivity index (χ3n) is 4.85. The number of carbonyl (C=O) groups excluding carboxylic acids is 1. The maximum atomic E-state index is 12.7. The Bertz CT molecular complexity index is 1180. The summed E-state index contributed by atoms with van der Waals surface area (Å²) in [4.78, 5) is 17.0. The SMILES string of the molecule is Cc1ccc(CNC(=O)c2cccc(C(C)Oc3cccnc3Nc3nncs3)c2)cc1. The maximum absolute atomic E-state index is 12.7. The topological polar surface area (TPSA) is 89.0 Å². The molecule has 2 N–H and O–H groups in total. The third-order valence-corrected chi connectivity index (χ3v) is 5.46. The first-order valence-electron chi connectivity index (χ1n) is 10.2. The molecule has 2 aromatic carbocycles. The van der Waals surface area contributed by atoms with Gasteiger partial charge in [0.25, 0.3) is 5.91 Å². The van der Waals surface area contributed by atoms with Crippen LogP contribution in [0.4, 0.5) is 10.9 Å². The summed E-state index contributed by atoms with van der Waals surface area (Å²) in [6.45, 7) is 4.45. The summed E-state index contributed by atoms with van der Waals surface area (Å²) < 4.78 is 6.16. The smallest absolute Gasteiger partial charge is 0.251 e. The third kappa shape index (κ3) is 5.47. The van der Waals surface area contributed by atoms with Crippen molar-refractivity contribution in [1.29, 1.82) is 0 Å². The van der Waals surface area contributed by atoms with Crippen LogP contribution in [0, 0.1) is 6.92 Å². The van der Waals surface area contributed by atoms with Crippen LogP contribution in [0.25, 0.3) is 0 Å². The number of pyridine rings is 1. The average Bonchev–Trinajstić information content (AvgIpc) is 3.33. The molecule has 1 atom stereocenters. The van der Waals surface area contributed by atoms with E-state index in [2.05, 4.69) is 25.8 Å². The van der Waals surface area contributed by atoms with Gasteiger partial charge in [0.2, 0.25) is 5.13 Å². The lowest BCUT2D eigenvalue weighted by Crippen LogP contribution is -2.23. The number of nitrogens with one attached hydrogen (secondary N) is 2. The Balaban J connectivity index is 1.43. The fraction of sp³-hybridized carbons (Fsp3) is 0.167. The lowest BCUT2D eigenvalue weighted by molar-refractivity contribution is 0.0950. The molecule has 1 amide bonds. The summed E-state index contributed by atoms with van der Waals surface area (Å²) in [5.74, 6) is 1.02. The number of aromatic nitrogens is 3. The highest BCUT2D eigenvalue weighted by Crippen LogP contribution is 2.30. The van der Waals surface area contributed by atoms with Gasteiger partial charge in [0.15, 0.2) is 11.6 Å². The Labute approximate surface area is 190 Å². The van der Waals surface area contributed by atoms with E-state index in [4.69, 9.17) is 4.74 Å². The lowest BCUT2D eigenvalue weighted by Gasteiger charge is -2.18. The minimum absolute atomic E-state index is 0.125. The second-order valence-electron chi connectivity index (χ2n) is 7.27. The van der Waals surface area contributed by atoms with Gasteiger partial charge < -0.3 is 15.4 Å². The summed E-state index contributed by atoms with van der Waals surface area (Å²) in [7, 11) is 0. The van der Waals surface area contributed by atoms with E-state index in [1.54, 1.807) is 17.8 Å². The summed E-state index contributed by atoms with van der Waals surface area (Å²) >= 11 is 1.38. The number of rotatable bonds is 8. The quantitative estimate of drug-likeness (QED) is 0.394. The van der Waals surface area contributed by atoms with Gasteiger partial charge in [-0.1, -0.05) is 53.3 Å². The monoisotopic (exact) mass is 445 g/mol. The number of carbonyl (C=O) groups is 1. The predicted octanol–water partition coefficient (Wildman–Crippen LogP) is 5.06. The fourth-order valence-corrected chi connectivity index (χ4v) is 3.53. The van der Waals surface area contributed by atoms with Crippen LogP contribution < -0.4 is 15.4 Å². The van der Waals surface area contributed by atoms with Gasteiger partial charge in [-0.05, 0) is 49.2 Å². The van der Waals surface area contributed by atoms with Crippen molar-refractivity contribution in [3.05, 3.63) is 94.6 Å². The molecule has 0 radical (unpaired) electrons. The molecule has 32 heavy (non-hydrogen) atoms. The number of nitrogens with zero attached hydrogens (tertiary/aromatic N) is 3. The number of aryl methyl sites for hydroxylation is 1. The van der Waals surface area contributed by atoms with Crippen LogP contribution in [0.15, 0.2) is 72.4 Å². The normalized spacial score (nSPS) is 11.6. The summed E-state index contributed by atoms with van der Waals surface area (Å²) in [5.41, 5.74) is 5.37. The average molecular weight is 446 g/mol. The molecule has 0 saturated heterocycles. The zero-order valence-electron chi connectivity index (χ0n) is 17.8. The van der Waals surface area contributed by atoms with E-state index in [0.717, 1.165) is 11.1 Å². The van der Waals surface area contributed by atoms with Crippen molar-refractivity contribution < 1.29 is 9.53 Å². The van der Waals surface area contributed by atoms with E-state index in [1.165, 1.54) is 16.9 Å². The zero-order valence-corrected chi connectivity index (χ0v) is 18.6. The first-order chi connectivity index (χ1) is 15.6. The van der Waals surface area contributed by atoms with Gasteiger partial charge in [0.1, 0.15) is 11.6 Å². The van der Waals surface area contributed by atoms with E-state index in [1.807, 2.05) is 68.4 Å². The van der Waals surface area contributed by atoms with Gasteiger partial charge in [-0.25, -0.2) is 4.98 Å². The highest BCUT2D eigenvalue weighted by Gasteiger charge is 2.14. The summed E-state index contributed by atoms with van der Waals surface area (Å²) in [6, 6.07) is 19.2. The Morgan fingerprint density at radius 3 is 2.75 bits per heavy atom. The number of anilines is 2. The highest BCUT2D eigenvalue weighted by molar-refractivity contribution is 7.13. The molecule has 8 heteroatoms. The van der Waals surface area contributed by atoms with E-state index < -0.39 is 0 Å². The van der Waals surface area contributed by atoms with Crippen LogP contribution in [0.5, 0.6) is 5.75 Å². The first kappa shape index (κ1) is 21.5. The van der Waals surface area contributed by atoms with Gasteiger partial charge in [-0.2, -0.15) is 0 Å². The van der Waals surface area contributed by atoms with Crippen molar-refractivity contribution in [2.24, 2.45) is 0 Å². The fourth-order valence-electron chi connectivity index (χ4n) is 3.09. The standard InChI is InChI=1S/C24H23N5O2S/c1-16-8-10-18(11-9-16)14-26-23(30)20-6-3-5-19(13-20)17(2)31-21-7-4-12-25-22(21)28-24-29-27-15-32-24/h3-13,15,17H,14H2,1-2H3,(H,26,30)(H,25,28,29). The second kappa shape index (κ2) is 10.0. The summed E-state index contributed by atoms with van der Waals surface area (Å²) in [6.07, 6.45) is 1.39. The molecule has 2 aromatic heterocycles. The molecule has 4 aromatic rings. The van der Waals surface area contributed by atoms with Crippen LogP contribution in [0.2, 0.25) is 0 Å². The molecule has 0 aliphatic heterocycles. The minimum atomic E-state index is -0.293. The van der Waals surface area contributed by atoms with Crippen molar-refractivity contribution in [2.75, 3.05) is 5.32 Å². The van der Waals surface area contributed by atoms with E-state index in [9.17, 15) is 4.79 Å². The maximum Gasteiger partial charge on any atom is 0.251 e. The van der Waals surface area contributed by atoms with Crippen LogP contribution in [-0.4, -0.2) is 21.1 Å². The molecule has 4 rings (SSSR count). The Morgan fingerprint density at radius 2 is 1.97 bits per heavy atom. The molecule has 7 nitrogen and oxygen atoms in total. The minimum Gasteiger partial charge on any atom is -0.482 e. The van der Waals surface area contributed by atoms with Crippen molar-refractivity contribution in [3.8, 4) is 5.75 Å². The van der Waals surface area contributed by atoms with Gasteiger partial charge in [-0.15, -0.1) is 10.2 Å². The van der Waals surface area contributed by atoms with Crippen molar-refractivity contribution >= 4 is 28.2 Å². The molecular formula is C24H23N5O2S. The molecular weight excluding hydrogens is 422 g/mol. The molecule has 0 saturated carbocycles. The van der Waals surface area contributed by atoms with Crippen molar-refractivity contribution in [3.63, 3.8) is 0 Å². The first-order valence-corrected chi connectivity index (χ1v) is 11.0. The van der Waals surface area contributed by atoms with Gasteiger partial charge >= 0.3 is 0 Å². The molecule has 2 heterocycles.